The maximum absolute atomic E-state index is 14.3. The van der Waals surface area contributed by atoms with Crippen molar-refractivity contribution in [3.63, 3.8) is 0 Å². The van der Waals surface area contributed by atoms with E-state index in [2.05, 4.69) is 25.1 Å². The normalized spacial score (nSPS) is 12.9. The molecule has 0 aliphatic carbocycles. The highest BCUT2D eigenvalue weighted by Gasteiger charge is 2.18. The van der Waals surface area contributed by atoms with Gasteiger partial charge in [0.2, 0.25) is 0 Å². The molecular formula is C18H21Cl2FN6OS. The minimum atomic E-state index is -0.517. The number of aromatic nitrogens is 4. The molecule has 4 rings (SSSR count). The summed E-state index contributed by atoms with van der Waals surface area (Å²) in [6.45, 7) is 1.11. The SMILES string of the molecule is Cl.Cl.NCc1nc(C(=O)Nc2cc(-c3nnc4n3CCCCC4)ccc2F)cs1. The van der Waals surface area contributed by atoms with Gasteiger partial charge in [-0.3, -0.25) is 4.79 Å². The number of thiazole rings is 1. The van der Waals surface area contributed by atoms with Gasteiger partial charge in [0, 0.05) is 30.5 Å². The van der Waals surface area contributed by atoms with Crippen LogP contribution in [-0.4, -0.2) is 25.7 Å². The summed E-state index contributed by atoms with van der Waals surface area (Å²) in [6.07, 6.45) is 4.22. The van der Waals surface area contributed by atoms with E-state index in [-0.39, 0.29) is 42.7 Å². The van der Waals surface area contributed by atoms with Crippen LogP contribution in [0, 0.1) is 5.82 Å². The van der Waals surface area contributed by atoms with Crippen molar-refractivity contribution in [1.29, 1.82) is 0 Å². The molecule has 2 aromatic heterocycles. The van der Waals surface area contributed by atoms with Gasteiger partial charge in [0.1, 0.15) is 22.3 Å². The number of benzene rings is 1. The summed E-state index contributed by atoms with van der Waals surface area (Å²) < 4.78 is 16.4. The van der Waals surface area contributed by atoms with Crippen molar-refractivity contribution in [1.82, 2.24) is 19.7 Å². The van der Waals surface area contributed by atoms with Crippen molar-refractivity contribution >= 4 is 47.7 Å². The second-order valence-corrected chi connectivity index (χ2v) is 7.32. The lowest BCUT2D eigenvalue weighted by atomic mass is 10.1. The van der Waals surface area contributed by atoms with Crippen molar-refractivity contribution in [2.45, 2.75) is 38.8 Å². The number of nitrogens with one attached hydrogen (secondary N) is 1. The molecule has 0 saturated carbocycles. The predicted octanol–water partition coefficient (Wildman–Crippen LogP) is 3.82. The molecule has 1 aliphatic heterocycles. The van der Waals surface area contributed by atoms with Gasteiger partial charge in [-0.25, -0.2) is 9.37 Å². The molecule has 3 aromatic rings. The molecule has 11 heteroatoms. The van der Waals surface area contributed by atoms with E-state index in [0.717, 1.165) is 38.1 Å². The van der Waals surface area contributed by atoms with Gasteiger partial charge in [-0.1, -0.05) is 6.42 Å². The summed E-state index contributed by atoms with van der Waals surface area (Å²) >= 11 is 1.30. The van der Waals surface area contributed by atoms with Gasteiger partial charge in [0.05, 0.1) is 5.69 Å². The lowest BCUT2D eigenvalue weighted by Crippen LogP contribution is -2.14. The van der Waals surface area contributed by atoms with Crippen LogP contribution in [0.15, 0.2) is 23.6 Å². The van der Waals surface area contributed by atoms with Crippen LogP contribution in [0.2, 0.25) is 0 Å². The maximum atomic E-state index is 14.3. The molecule has 7 nitrogen and oxygen atoms in total. The fraction of sp³-hybridized carbons (Fsp3) is 0.333. The Morgan fingerprint density at radius 1 is 1.24 bits per heavy atom. The number of carbonyl (C=O) groups is 1. The molecule has 0 atom stereocenters. The Morgan fingerprint density at radius 3 is 2.83 bits per heavy atom. The van der Waals surface area contributed by atoms with Crippen LogP contribution >= 0.6 is 36.2 Å². The first-order valence-corrected chi connectivity index (χ1v) is 9.71. The van der Waals surface area contributed by atoms with E-state index in [1.54, 1.807) is 17.5 Å². The van der Waals surface area contributed by atoms with Crippen LogP contribution in [0.3, 0.4) is 0 Å². The lowest BCUT2D eigenvalue weighted by Gasteiger charge is -2.10. The Balaban J connectivity index is 0.00000150. The average Bonchev–Trinajstić information content (AvgIpc) is 3.25. The molecule has 0 saturated heterocycles. The van der Waals surface area contributed by atoms with Gasteiger partial charge in [-0.2, -0.15) is 0 Å². The zero-order valence-corrected chi connectivity index (χ0v) is 17.9. The van der Waals surface area contributed by atoms with E-state index in [4.69, 9.17) is 5.73 Å². The largest absolute Gasteiger partial charge is 0.325 e. The highest BCUT2D eigenvalue weighted by atomic mass is 35.5. The molecule has 1 aliphatic rings. The Kier molecular flexibility index (Phi) is 8.09. The molecule has 3 N–H and O–H groups in total. The first kappa shape index (κ1) is 23.2. The van der Waals surface area contributed by atoms with E-state index >= 15 is 0 Å². The molecule has 1 aromatic carbocycles. The number of aryl methyl sites for hydroxylation is 1. The van der Waals surface area contributed by atoms with Crippen LogP contribution < -0.4 is 11.1 Å². The molecular weight excluding hydrogens is 438 g/mol. The molecule has 0 bridgehead atoms. The Bertz CT molecular complexity index is 993. The Morgan fingerprint density at radius 2 is 2.07 bits per heavy atom. The van der Waals surface area contributed by atoms with Crippen molar-refractivity contribution < 1.29 is 9.18 Å². The minimum absolute atomic E-state index is 0. The first-order valence-electron chi connectivity index (χ1n) is 8.83. The Hall–Kier alpha value is -2.07. The van der Waals surface area contributed by atoms with E-state index in [1.165, 1.54) is 17.4 Å². The maximum Gasteiger partial charge on any atom is 0.275 e. The molecule has 0 radical (unpaired) electrons. The molecule has 156 valence electrons. The highest BCUT2D eigenvalue weighted by Crippen LogP contribution is 2.27. The number of nitrogens with two attached hydrogens (primary N) is 1. The van der Waals surface area contributed by atoms with Crippen LogP contribution in [0.1, 0.15) is 40.6 Å². The van der Waals surface area contributed by atoms with Crippen LogP contribution in [0.5, 0.6) is 0 Å². The van der Waals surface area contributed by atoms with Gasteiger partial charge in [-0.15, -0.1) is 46.3 Å². The second-order valence-electron chi connectivity index (χ2n) is 6.38. The van der Waals surface area contributed by atoms with E-state index in [9.17, 15) is 9.18 Å². The third-order valence-electron chi connectivity index (χ3n) is 4.54. The summed E-state index contributed by atoms with van der Waals surface area (Å²) in [4.78, 5) is 16.5. The predicted molar refractivity (Wildman–Crippen MR) is 115 cm³/mol. The number of carbonyl (C=O) groups excluding carboxylic acids is 1. The average molecular weight is 459 g/mol. The third kappa shape index (κ3) is 4.92. The van der Waals surface area contributed by atoms with E-state index in [0.29, 0.717) is 16.4 Å². The highest BCUT2D eigenvalue weighted by molar-refractivity contribution is 7.09. The van der Waals surface area contributed by atoms with Crippen LogP contribution in [0.25, 0.3) is 11.4 Å². The fourth-order valence-corrected chi connectivity index (χ4v) is 3.81. The number of hydrogen-bond donors (Lipinski definition) is 2. The monoisotopic (exact) mass is 458 g/mol. The molecule has 0 spiro atoms. The van der Waals surface area contributed by atoms with Crippen molar-refractivity contribution in [2.24, 2.45) is 5.73 Å². The molecule has 29 heavy (non-hydrogen) atoms. The quantitative estimate of drug-likeness (QED) is 0.618. The van der Waals surface area contributed by atoms with Gasteiger partial charge < -0.3 is 15.6 Å². The number of anilines is 1. The standard InChI is InChI=1S/C18H19FN6OS.2ClH/c19-12-6-5-11(17-24-23-15-4-2-1-3-7-25(15)17)8-13(12)22-18(26)14-10-27-16(9-20)21-14;;/h5-6,8,10H,1-4,7,9,20H2,(H,22,26);2*1H. The summed E-state index contributed by atoms with van der Waals surface area (Å²) in [5, 5.41) is 13.4. The zero-order valence-electron chi connectivity index (χ0n) is 15.4. The fourth-order valence-electron chi connectivity index (χ4n) is 3.15. The third-order valence-corrected chi connectivity index (χ3v) is 5.41. The number of hydrogen-bond acceptors (Lipinski definition) is 6. The molecule has 3 heterocycles. The van der Waals surface area contributed by atoms with Crippen molar-refractivity contribution in [2.75, 3.05) is 5.32 Å². The van der Waals surface area contributed by atoms with Crippen molar-refractivity contribution in [3.05, 3.63) is 45.9 Å². The van der Waals surface area contributed by atoms with Gasteiger partial charge in [0.25, 0.3) is 5.91 Å². The summed E-state index contributed by atoms with van der Waals surface area (Å²) in [5.74, 6) is 0.662. The van der Waals surface area contributed by atoms with Crippen LogP contribution in [0.4, 0.5) is 10.1 Å². The Labute approximate surface area is 183 Å². The van der Waals surface area contributed by atoms with Crippen LogP contribution in [-0.2, 0) is 19.5 Å². The smallest absolute Gasteiger partial charge is 0.275 e. The summed E-state index contributed by atoms with van der Waals surface area (Å²) in [6, 6.07) is 4.57. The summed E-state index contributed by atoms with van der Waals surface area (Å²) in [5.41, 5.74) is 6.55. The lowest BCUT2D eigenvalue weighted by molar-refractivity contribution is 0.102. The minimum Gasteiger partial charge on any atom is -0.325 e. The number of fused-ring (bicyclic) bond motifs is 1. The zero-order chi connectivity index (χ0) is 18.8. The topological polar surface area (TPSA) is 98.7 Å². The number of rotatable bonds is 4. The molecule has 0 unspecified atom stereocenters. The number of nitrogens with zero attached hydrogens (tertiary/aromatic N) is 4. The second kappa shape index (κ2) is 10.1. The van der Waals surface area contributed by atoms with E-state index in [1.807, 2.05) is 0 Å². The van der Waals surface area contributed by atoms with Gasteiger partial charge >= 0.3 is 0 Å². The molecule has 1 amide bonds. The first-order chi connectivity index (χ1) is 13.2. The van der Waals surface area contributed by atoms with E-state index < -0.39 is 11.7 Å². The van der Waals surface area contributed by atoms with Gasteiger partial charge in [-0.05, 0) is 31.0 Å². The number of halogens is 3. The van der Waals surface area contributed by atoms with Gasteiger partial charge in [0.15, 0.2) is 5.82 Å². The molecule has 0 fully saturated rings. The summed E-state index contributed by atoms with van der Waals surface area (Å²) in [7, 11) is 0. The van der Waals surface area contributed by atoms with Crippen molar-refractivity contribution in [3.8, 4) is 11.4 Å². The number of amides is 1.